The maximum absolute atomic E-state index is 13.6. The number of hydrogen-bond donors (Lipinski definition) is 3. The van der Waals surface area contributed by atoms with Crippen molar-refractivity contribution < 1.29 is 13.2 Å². The van der Waals surface area contributed by atoms with E-state index in [1.54, 1.807) is 55.6 Å². The average Bonchev–Trinajstić information content (AvgIpc) is 3.49. The SMILES string of the molecule is CNc1c(C(=N)N(CCc2ccccc2)[C@H]2CCCN(C(=O)CNc3cc(Cl)cc(Cl)c3)C2)ccn1S(=O)(=O)c1ccc(C)cc1. The van der Waals surface area contributed by atoms with Crippen molar-refractivity contribution in [1.82, 2.24) is 13.8 Å². The van der Waals surface area contributed by atoms with Gasteiger partial charge in [0.25, 0.3) is 10.0 Å². The van der Waals surface area contributed by atoms with Gasteiger partial charge in [0.2, 0.25) is 5.91 Å². The van der Waals surface area contributed by atoms with Crippen molar-refractivity contribution in [1.29, 1.82) is 5.41 Å². The van der Waals surface area contributed by atoms with E-state index in [9.17, 15) is 18.6 Å². The van der Waals surface area contributed by atoms with Crippen molar-refractivity contribution in [2.75, 3.05) is 43.9 Å². The van der Waals surface area contributed by atoms with Crippen molar-refractivity contribution in [3.8, 4) is 0 Å². The monoisotopic (exact) mass is 680 g/mol. The van der Waals surface area contributed by atoms with E-state index in [1.807, 2.05) is 34.9 Å². The summed E-state index contributed by atoms with van der Waals surface area (Å²) in [5.41, 5.74) is 3.22. The highest BCUT2D eigenvalue weighted by Gasteiger charge is 2.32. The molecule has 12 heteroatoms. The summed E-state index contributed by atoms with van der Waals surface area (Å²) in [5, 5.41) is 16.6. The van der Waals surface area contributed by atoms with Gasteiger partial charge in [-0.25, -0.2) is 12.4 Å². The predicted octanol–water partition coefficient (Wildman–Crippen LogP) is 6.36. The first-order valence-electron chi connectivity index (χ1n) is 15.2. The van der Waals surface area contributed by atoms with Crippen LogP contribution in [0.4, 0.5) is 11.5 Å². The van der Waals surface area contributed by atoms with Gasteiger partial charge in [-0.05, 0) is 68.1 Å². The Bertz CT molecular complexity index is 1780. The van der Waals surface area contributed by atoms with Crippen molar-refractivity contribution in [3.05, 3.63) is 112 Å². The van der Waals surface area contributed by atoms with Crippen LogP contribution in [0.2, 0.25) is 10.0 Å². The number of nitrogens with zero attached hydrogens (tertiary/aromatic N) is 3. The van der Waals surface area contributed by atoms with E-state index in [4.69, 9.17) is 23.2 Å². The third-order valence-corrected chi connectivity index (χ3v) is 10.3. The van der Waals surface area contributed by atoms with Crippen molar-refractivity contribution in [3.63, 3.8) is 0 Å². The van der Waals surface area contributed by atoms with Gasteiger partial charge in [0.1, 0.15) is 11.7 Å². The highest BCUT2D eigenvalue weighted by Crippen LogP contribution is 2.28. The quantitative estimate of drug-likeness (QED) is 0.126. The maximum Gasteiger partial charge on any atom is 0.269 e. The molecule has 5 rings (SSSR count). The van der Waals surface area contributed by atoms with Gasteiger partial charge >= 0.3 is 0 Å². The number of aromatic nitrogens is 1. The van der Waals surface area contributed by atoms with Crippen molar-refractivity contribution >= 4 is 56.5 Å². The zero-order valence-corrected chi connectivity index (χ0v) is 28.2. The van der Waals surface area contributed by atoms with Gasteiger partial charge < -0.3 is 20.4 Å². The van der Waals surface area contributed by atoms with Gasteiger partial charge in [-0.15, -0.1) is 0 Å². The van der Waals surface area contributed by atoms with E-state index in [2.05, 4.69) is 22.8 Å². The zero-order valence-electron chi connectivity index (χ0n) is 25.8. The number of piperidine rings is 1. The van der Waals surface area contributed by atoms with Crippen molar-refractivity contribution in [2.24, 2.45) is 0 Å². The maximum atomic E-state index is 13.6. The number of carbonyl (C=O) groups excluding carboxylic acids is 1. The molecule has 1 amide bonds. The third kappa shape index (κ3) is 7.68. The fourth-order valence-electron chi connectivity index (χ4n) is 5.78. The Labute approximate surface area is 280 Å². The fraction of sp³-hybridized carbons (Fsp3) is 0.294. The van der Waals surface area contributed by atoms with Crippen LogP contribution in [0.25, 0.3) is 0 Å². The summed E-state index contributed by atoms with van der Waals surface area (Å²) in [5.74, 6) is 0.439. The molecule has 0 unspecified atom stereocenters. The first kappa shape index (κ1) is 33.4. The number of carbonyl (C=O) groups is 1. The van der Waals surface area contributed by atoms with Crippen LogP contribution in [0.5, 0.6) is 0 Å². The number of likely N-dealkylation sites (tertiary alicyclic amines) is 1. The smallest absolute Gasteiger partial charge is 0.269 e. The second kappa shape index (κ2) is 14.6. The molecule has 2 heterocycles. The Balaban J connectivity index is 1.39. The Morgan fingerprint density at radius 2 is 1.72 bits per heavy atom. The molecule has 1 atom stereocenters. The highest BCUT2D eigenvalue weighted by molar-refractivity contribution is 7.90. The molecule has 3 aromatic carbocycles. The molecule has 3 N–H and O–H groups in total. The lowest BCUT2D eigenvalue weighted by atomic mass is 10.0. The Hall–Kier alpha value is -3.99. The molecular formula is C34H38Cl2N6O3S. The standard InChI is InChI=1S/C34H38Cl2N6O3S/c1-24-10-12-30(13-11-24)46(44,45)42-18-15-31(34(42)38-2)33(37)41(17-14-25-7-4-3-5-8-25)29-9-6-16-40(23-29)32(43)22-39-28-20-26(35)19-27(36)21-28/h3-5,7-8,10-13,15,18-21,29,37-39H,6,9,14,16-17,22-23H2,1-2H3/t29-/m0/s1. The normalized spacial score (nSPS) is 15.0. The molecule has 0 spiro atoms. The lowest BCUT2D eigenvalue weighted by Crippen LogP contribution is -2.53. The number of halogens is 2. The molecule has 1 aromatic heterocycles. The molecule has 0 bridgehead atoms. The number of nitrogens with one attached hydrogen (secondary N) is 3. The van der Waals surface area contributed by atoms with Crippen LogP contribution in [0.15, 0.2) is 90.0 Å². The molecule has 9 nitrogen and oxygen atoms in total. The number of benzene rings is 3. The first-order chi connectivity index (χ1) is 22.1. The minimum absolute atomic E-state index is 0.0680. The van der Waals surface area contributed by atoms with E-state index in [1.165, 1.54) is 10.2 Å². The number of aryl methyl sites for hydroxylation is 1. The second-order valence-corrected chi connectivity index (χ2v) is 14.1. The van der Waals surface area contributed by atoms with Crippen molar-refractivity contribution in [2.45, 2.75) is 37.1 Å². The molecule has 0 aliphatic carbocycles. The second-order valence-electron chi connectivity index (χ2n) is 11.4. The van der Waals surface area contributed by atoms with Gasteiger partial charge in [-0.3, -0.25) is 10.2 Å². The van der Waals surface area contributed by atoms with Crippen LogP contribution in [0.3, 0.4) is 0 Å². The van der Waals surface area contributed by atoms with Gasteiger partial charge in [-0.1, -0.05) is 71.2 Å². The summed E-state index contributed by atoms with van der Waals surface area (Å²) in [6.45, 7) is 3.55. The van der Waals surface area contributed by atoms with Gasteiger partial charge in [0.05, 0.1) is 17.0 Å². The molecule has 4 aromatic rings. The van der Waals surface area contributed by atoms with Gasteiger partial charge in [-0.2, -0.15) is 0 Å². The summed E-state index contributed by atoms with van der Waals surface area (Å²) < 4.78 is 28.5. The van der Waals surface area contributed by atoms with E-state index >= 15 is 0 Å². The Morgan fingerprint density at radius 1 is 1.02 bits per heavy atom. The van der Waals surface area contributed by atoms with E-state index < -0.39 is 10.0 Å². The van der Waals surface area contributed by atoms with Crippen LogP contribution < -0.4 is 10.6 Å². The lowest BCUT2D eigenvalue weighted by Gasteiger charge is -2.41. The molecule has 1 saturated heterocycles. The molecule has 0 radical (unpaired) electrons. The summed E-state index contributed by atoms with van der Waals surface area (Å²) >= 11 is 12.2. The first-order valence-corrected chi connectivity index (χ1v) is 17.3. The van der Waals surface area contributed by atoms with Crippen LogP contribution >= 0.6 is 23.2 Å². The molecule has 242 valence electrons. The van der Waals surface area contributed by atoms with E-state index in [-0.39, 0.29) is 29.2 Å². The Kier molecular flexibility index (Phi) is 10.6. The number of anilines is 2. The average molecular weight is 682 g/mol. The van der Waals surface area contributed by atoms with E-state index in [0.29, 0.717) is 53.2 Å². The Morgan fingerprint density at radius 3 is 2.39 bits per heavy atom. The minimum Gasteiger partial charge on any atom is -0.376 e. The highest BCUT2D eigenvalue weighted by atomic mass is 35.5. The van der Waals surface area contributed by atoms with Crippen LogP contribution in [0.1, 0.15) is 29.5 Å². The molecule has 1 aliphatic rings. The number of rotatable bonds is 11. The molecule has 1 aliphatic heterocycles. The minimum atomic E-state index is -3.91. The molecule has 1 fully saturated rings. The van der Waals surface area contributed by atoms with Crippen LogP contribution in [-0.2, 0) is 21.2 Å². The molecule has 46 heavy (non-hydrogen) atoms. The number of amides is 1. The summed E-state index contributed by atoms with van der Waals surface area (Å²) in [6.07, 6.45) is 3.73. The molecular weight excluding hydrogens is 643 g/mol. The zero-order chi connectivity index (χ0) is 32.8. The summed E-state index contributed by atoms with van der Waals surface area (Å²) in [4.78, 5) is 17.3. The van der Waals surface area contributed by atoms with Gasteiger partial charge in [0.15, 0.2) is 0 Å². The van der Waals surface area contributed by atoms with E-state index in [0.717, 1.165) is 24.0 Å². The fourth-order valence-corrected chi connectivity index (χ4v) is 7.67. The number of hydrogen-bond acceptors (Lipinski definition) is 6. The predicted molar refractivity (Wildman–Crippen MR) is 186 cm³/mol. The summed E-state index contributed by atoms with van der Waals surface area (Å²) in [6, 6.07) is 23.3. The number of amidine groups is 1. The van der Waals surface area contributed by atoms with Gasteiger partial charge in [0, 0.05) is 54.7 Å². The van der Waals surface area contributed by atoms with Crippen LogP contribution in [-0.4, -0.2) is 73.2 Å². The lowest BCUT2D eigenvalue weighted by molar-refractivity contribution is -0.131. The largest absolute Gasteiger partial charge is 0.376 e. The summed E-state index contributed by atoms with van der Waals surface area (Å²) in [7, 11) is -2.25. The third-order valence-electron chi connectivity index (χ3n) is 8.19. The molecule has 0 saturated carbocycles. The van der Waals surface area contributed by atoms with Crippen LogP contribution in [0, 0.1) is 12.3 Å². The topological polar surface area (TPSA) is 111 Å².